The SMILES string of the molecule is C=N/C(CC)=C(/Cc1ccc(F)cc1Cl)C(=NCC(=O)O)OC. The van der Waals surface area contributed by atoms with Crippen molar-refractivity contribution in [3.8, 4) is 0 Å². The molecule has 0 saturated heterocycles. The monoisotopic (exact) mass is 340 g/mol. The van der Waals surface area contributed by atoms with Crippen LogP contribution in [0.3, 0.4) is 0 Å². The number of carbonyl (C=O) groups is 1. The maximum atomic E-state index is 13.2. The van der Waals surface area contributed by atoms with Gasteiger partial charge in [-0.3, -0.25) is 9.79 Å². The second-order valence-electron chi connectivity index (χ2n) is 4.57. The van der Waals surface area contributed by atoms with Gasteiger partial charge in [-0.25, -0.2) is 9.38 Å². The Balaban J connectivity index is 3.30. The maximum absolute atomic E-state index is 13.2. The average molecular weight is 341 g/mol. The molecule has 0 unspecified atom stereocenters. The fourth-order valence-electron chi connectivity index (χ4n) is 2.00. The van der Waals surface area contributed by atoms with E-state index in [-0.39, 0.29) is 17.3 Å². The Kier molecular flexibility index (Phi) is 7.41. The summed E-state index contributed by atoms with van der Waals surface area (Å²) in [6.07, 6.45) is 0.820. The Morgan fingerprint density at radius 1 is 1.48 bits per heavy atom. The molecule has 1 rings (SSSR count). The van der Waals surface area contributed by atoms with Crippen molar-refractivity contribution in [2.45, 2.75) is 19.8 Å². The van der Waals surface area contributed by atoms with E-state index in [1.807, 2.05) is 6.92 Å². The molecule has 0 aromatic heterocycles. The van der Waals surface area contributed by atoms with Crippen molar-refractivity contribution in [1.82, 2.24) is 0 Å². The second kappa shape index (κ2) is 9.05. The van der Waals surface area contributed by atoms with Crippen molar-refractivity contribution in [1.29, 1.82) is 0 Å². The maximum Gasteiger partial charge on any atom is 0.325 e. The van der Waals surface area contributed by atoms with Crippen LogP contribution in [0.4, 0.5) is 4.39 Å². The lowest BCUT2D eigenvalue weighted by molar-refractivity contribution is -0.135. The Morgan fingerprint density at radius 3 is 2.65 bits per heavy atom. The molecule has 1 aromatic rings. The van der Waals surface area contributed by atoms with Crippen LogP contribution in [0.25, 0.3) is 0 Å². The van der Waals surface area contributed by atoms with Gasteiger partial charge < -0.3 is 9.84 Å². The van der Waals surface area contributed by atoms with E-state index < -0.39 is 18.3 Å². The van der Waals surface area contributed by atoms with Gasteiger partial charge in [-0.15, -0.1) is 0 Å². The third kappa shape index (κ3) is 5.49. The van der Waals surface area contributed by atoms with Crippen molar-refractivity contribution in [2.75, 3.05) is 13.7 Å². The summed E-state index contributed by atoms with van der Waals surface area (Å²) in [6.45, 7) is 4.96. The predicted molar refractivity (Wildman–Crippen MR) is 88.9 cm³/mol. The zero-order chi connectivity index (χ0) is 17.4. The van der Waals surface area contributed by atoms with Gasteiger partial charge in [0.1, 0.15) is 12.4 Å². The van der Waals surface area contributed by atoms with E-state index in [1.54, 1.807) is 6.07 Å². The smallest absolute Gasteiger partial charge is 0.325 e. The summed E-state index contributed by atoms with van der Waals surface area (Å²) in [7, 11) is 1.39. The highest BCUT2D eigenvalue weighted by Gasteiger charge is 2.16. The normalized spacial score (nSPS) is 12.6. The summed E-state index contributed by atoms with van der Waals surface area (Å²) in [5.41, 5.74) is 1.83. The molecule has 0 spiro atoms. The van der Waals surface area contributed by atoms with Crippen LogP contribution in [0.5, 0.6) is 0 Å². The van der Waals surface area contributed by atoms with Crippen LogP contribution in [0, 0.1) is 5.82 Å². The summed E-state index contributed by atoms with van der Waals surface area (Å²) in [4.78, 5) is 18.6. The molecule has 5 nitrogen and oxygen atoms in total. The Morgan fingerprint density at radius 2 is 2.17 bits per heavy atom. The zero-order valence-corrected chi connectivity index (χ0v) is 13.7. The third-order valence-corrected chi connectivity index (χ3v) is 3.42. The number of hydrogen-bond acceptors (Lipinski definition) is 4. The molecular formula is C16H18ClFN2O3. The van der Waals surface area contributed by atoms with Gasteiger partial charge in [0.2, 0.25) is 5.90 Å². The van der Waals surface area contributed by atoms with Crippen LogP contribution in [0.15, 0.2) is 39.5 Å². The van der Waals surface area contributed by atoms with Crippen LogP contribution in [-0.4, -0.2) is 37.3 Å². The first-order valence-corrected chi connectivity index (χ1v) is 7.24. The number of benzene rings is 1. The van der Waals surface area contributed by atoms with Gasteiger partial charge in [0.25, 0.3) is 0 Å². The number of carboxylic acid groups (broad SMARTS) is 1. The number of ether oxygens (including phenoxy) is 1. The standard InChI is InChI=1S/C16H18ClFN2O3/c1-4-14(19-2)12(16(23-3)20-9-15(21)22)7-10-5-6-11(18)8-13(10)17/h5-6,8H,2,4,7,9H2,1,3H3,(H,21,22)/b14-12-,20-16?. The molecule has 0 aliphatic carbocycles. The summed E-state index contributed by atoms with van der Waals surface area (Å²) < 4.78 is 18.4. The largest absolute Gasteiger partial charge is 0.481 e. The highest BCUT2D eigenvalue weighted by molar-refractivity contribution is 6.31. The molecule has 1 N–H and O–H groups in total. The number of hydrogen-bond donors (Lipinski definition) is 1. The van der Waals surface area contributed by atoms with Gasteiger partial charge in [0.15, 0.2) is 0 Å². The van der Waals surface area contributed by atoms with Gasteiger partial charge >= 0.3 is 5.97 Å². The molecule has 0 aliphatic heterocycles. The number of rotatable bonds is 7. The van der Waals surface area contributed by atoms with Crippen molar-refractivity contribution in [3.63, 3.8) is 0 Å². The van der Waals surface area contributed by atoms with Crippen LogP contribution in [0.1, 0.15) is 18.9 Å². The van der Waals surface area contributed by atoms with E-state index in [9.17, 15) is 9.18 Å². The number of nitrogens with zero attached hydrogens (tertiary/aromatic N) is 2. The summed E-state index contributed by atoms with van der Waals surface area (Å²) in [5, 5.41) is 9.04. The molecular weight excluding hydrogens is 323 g/mol. The lowest BCUT2D eigenvalue weighted by Gasteiger charge is -2.14. The molecule has 0 atom stereocenters. The quantitative estimate of drug-likeness (QED) is 0.609. The minimum absolute atomic E-state index is 0.150. The van der Waals surface area contributed by atoms with Crippen LogP contribution in [0.2, 0.25) is 5.02 Å². The molecule has 0 fully saturated rings. The number of carboxylic acids is 1. The first kappa shape index (κ1) is 18.8. The predicted octanol–water partition coefficient (Wildman–Crippen LogP) is 3.52. The first-order valence-electron chi connectivity index (χ1n) is 6.86. The molecule has 124 valence electrons. The van der Waals surface area contributed by atoms with Crippen LogP contribution >= 0.6 is 11.6 Å². The van der Waals surface area contributed by atoms with E-state index >= 15 is 0 Å². The highest BCUT2D eigenvalue weighted by Crippen LogP contribution is 2.24. The summed E-state index contributed by atoms with van der Waals surface area (Å²) in [5.74, 6) is -1.37. The van der Waals surface area contributed by atoms with Crippen LogP contribution in [-0.2, 0) is 16.0 Å². The van der Waals surface area contributed by atoms with Crippen molar-refractivity contribution >= 4 is 30.2 Å². The van der Waals surface area contributed by atoms with Gasteiger partial charge in [-0.1, -0.05) is 24.6 Å². The fourth-order valence-corrected chi connectivity index (χ4v) is 2.23. The van der Waals surface area contributed by atoms with Crippen molar-refractivity contribution in [2.24, 2.45) is 9.98 Å². The minimum Gasteiger partial charge on any atom is -0.481 e. The Bertz CT molecular complexity index is 657. The zero-order valence-electron chi connectivity index (χ0n) is 13.0. The highest BCUT2D eigenvalue weighted by atomic mass is 35.5. The average Bonchev–Trinajstić information content (AvgIpc) is 2.50. The van der Waals surface area contributed by atoms with Gasteiger partial charge in [0.05, 0.1) is 7.11 Å². The minimum atomic E-state index is -1.08. The number of aliphatic carboxylic acids is 1. The lowest BCUT2D eigenvalue weighted by Crippen LogP contribution is -2.14. The van der Waals surface area contributed by atoms with Gasteiger partial charge in [-0.05, 0) is 30.8 Å². The number of allylic oxidation sites excluding steroid dienone is 1. The van der Waals surface area contributed by atoms with Crippen molar-refractivity contribution in [3.05, 3.63) is 45.9 Å². The molecule has 0 radical (unpaired) electrons. The fraction of sp³-hybridized carbons (Fsp3) is 0.312. The number of halogens is 2. The molecule has 7 heteroatoms. The Hall–Kier alpha value is -2.21. The van der Waals surface area contributed by atoms with E-state index in [2.05, 4.69) is 16.7 Å². The second-order valence-corrected chi connectivity index (χ2v) is 4.98. The first-order chi connectivity index (χ1) is 10.9. The molecule has 1 aromatic carbocycles. The van der Waals surface area contributed by atoms with E-state index in [0.717, 1.165) is 0 Å². The van der Waals surface area contributed by atoms with E-state index in [0.29, 0.717) is 23.3 Å². The number of methoxy groups -OCH3 is 1. The molecule has 0 amide bonds. The van der Waals surface area contributed by atoms with Gasteiger partial charge in [-0.2, -0.15) is 0 Å². The number of aliphatic imine (C=N–C) groups is 2. The lowest BCUT2D eigenvalue weighted by atomic mass is 10.0. The molecule has 0 saturated carbocycles. The summed E-state index contributed by atoms with van der Waals surface area (Å²) in [6, 6.07) is 4.06. The third-order valence-electron chi connectivity index (χ3n) is 3.07. The Labute approximate surface area is 139 Å². The van der Waals surface area contributed by atoms with Gasteiger partial charge in [0, 0.05) is 22.7 Å². The molecule has 0 bridgehead atoms. The molecule has 0 aliphatic rings. The van der Waals surface area contributed by atoms with Crippen molar-refractivity contribution < 1.29 is 19.0 Å². The summed E-state index contributed by atoms with van der Waals surface area (Å²) >= 11 is 6.06. The van der Waals surface area contributed by atoms with E-state index in [1.165, 1.54) is 19.2 Å². The van der Waals surface area contributed by atoms with E-state index in [4.69, 9.17) is 21.4 Å². The van der Waals surface area contributed by atoms with Crippen LogP contribution < -0.4 is 0 Å². The topological polar surface area (TPSA) is 71.2 Å². The molecule has 23 heavy (non-hydrogen) atoms. The molecule has 0 heterocycles.